The Bertz CT molecular complexity index is 458. The maximum atomic E-state index is 11.5. The molecule has 1 aromatic carbocycles. The van der Waals surface area contributed by atoms with Gasteiger partial charge in [0.1, 0.15) is 0 Å². The van der Waals surface area contributed by atoms with Crippen LogP contribution in [0.2, 0.25) is 0 Å². The third-order valence-corrected chi connectivity index (χ3v) is 2.81. The third-order valence-electron chi connectivity index (χ3n) is 2.81. The van der Waals surface area contributed by atoms with Gasteiger partial charge in [-0.15, -0.1) is 0 Å². The van der Waals surface area contributed by atoms with E-state index in [1.165, 1.54) is 0 Å². The van der Waals surface area contributed by atoms with E-state index >= 15 is 0 Å². The zero-order valence-corrected chi connectivity index (χ0v) is 10.5. The van der Waals surface area contributed by atoms with Gasteiger partial charge in [-0.25, -0.2) is 0 Å². The maximum absolute atomic E-state index is 11.5. The lowest BCUT2D eigenvalue weighted by Crippen LogP contribution is -2.10. The van der Waals surface area contributed by atoms with Gasteiger partial charge in [0.15, 0.2) is 0 Å². The van der Waals surface area contributed by atoms with Gasteiger partial charge in [-0.05, 0) is 43.0 Å². The van der Waals surface area contributed by atoms with Crippen LogP contribution in [0.3, 0.4) is 0 Å². The van der Waals surface area contributed by atoms with Crippen molar-refractivity contribution in [2.45, 2.75) is 33.6 Å². The Morgan fingerprint density at radius 1 is 1.41 bits per heavy atom. The fraction of sp³-hybridized carbons (Fsp3) is 0.429. The van der Waals surface area contributed by atoms with Gasteiger partial charge in [-0.1, -0.05) is 13.0 Å². The molecule has 0 N–H and O–H groups in total. The molecule has 17 heavy (non-hydrogen) atoms. The number of ether oxygens (including phenoxy) is 1. The molecule has 0 saturated carbocycles. The van der Waals surface area contributed by atoms with E-state index in [1.807, 2.05) is 19.9 Å². The van der Waals surface area contributed by atoms with Gasteiger partial charge >= 0.3 is 5.97 Å². The Balaban J connectivity index is 3.05. The highest BCUT2D eigenvalue weighted by molar-refractivity contribution is 5.73. The van der Waals surface area contributed by atoms with Crippen molar-refractivity contribution in [1.29, 1.82) is 5.26 Å². The average molecular weight is 231 g/mol. The van der Waals surface area contributed by atoms with E-state index in [2.05, 4.69) is 6.07 Å². The molecule has 0 aliphatic heterocycles. The molecule has 0 saturated heterocycles. The number of hydrogen-bond donors (Lipinski definition) is 0. The molecule has 1 rings (SSSR count). The van der Waals surface area contributed by atoms with Crippen LogP contribution in [0.4, 0.5) is 0 Å². The molecule has 3 nitrogen and oxygen atoms in total. The molecule has 0 heterocycles. The Morgan fingerprint density at radius 3 is 2.65 bits per heavy atom. The van der Waals surface area contributed by atoms with Gasteiger partial charge in [-0.2, -0.15) is 5.26 Å². The van der Waals surface area contributed by atoms with Gasteiger partial charge in [0.2, 0.25) is 0 Å². The van der Waals surface area contributed by atoms with E-state index in [4.69, 9.17) is 10.00 Å². The van der Waals surface area contributed by atoms with Crippen LogP contribution in [0.15, 0.2) is 12.1 Å². The predicted molar refractivity (Wildman–Crippen MR) is 65.6 cm³/mol. The summed E-state index contributed by atoms with van der Waals surface area (Å²) in [5.41, 5.74) is 3.69. The fourth-order valence-corrected chi connectivity index (χ4v) is 1.96. The van der Waals surface area contributed by atoms with Crippen LogP contribution in [0.1, 0.15) is 36.1 Å². The van der Waals surface area contributed by atoms with Crippen molar-refractivity contribution in [2.24, 2.45) is 0 Å². The summed E-state index contributed by atoms with van der Waals surface area (Å²) in [5, 5.41) is 8.95. The Morgan fingerprint density at radius 2 is 2.12 bits per heavy atom. The number of esters is 1. The van der Waals surface area contributed by atoms with Crippen molar-refractivity contribution in [3.05, 3.63) is 34.4 Å². The molecule has 0 aliphatic rings. The lowest BCUT2D eigenvalue weighted by atomic mass is 9.94. The normalized spacial score (nSPS) is 9.76. The topological polar surface area (TPSA) is 50.1 Å². The zero-order valence-electron chi connectivity index (χ0n) is 10.5. The van der Waals surface area contributed by atoms with Crippen LogP contribution in [-0.2, 0) is 22.4 Å². The van der Waals surface area contributed by atoms with Crippen molar-refractivity contribution in [2.75, 3.05) is 6.61 Å². The second-order valence-corrected chi connectivity index (χ2v) is 3.82. The van der Waals surface area contributed by atoms with Crippen LogP contribution >= 0.6 is 0 Å². The number of hydrogen-bond acceptors (Lipinski definition) is 3. The highest BCUT2D eigenvalue weighted by Gasteiger charge is 2.12. The molecule has 0 spiro atoms. The Labute approximate surface area is 102 Å². The third kappa shape index (κ3) is 3.07. The first-order valence-electron chi connectivity index (χ1n) is 5.81. The largest absolute Gasteiger partial charge is 0.466 e. The monoisotopic (exact) mass is 231 g/mol. The van der Waals surface area contributed by atoms with E-state index in [9.17, 15) is 4.79 Å². The molecule has 0 aromatic heterocycles. The molecule has 0 fully saturated rings. The molecule has 0 bridgehead atoms. The van der Waals surface area contributed by atoms with Crippen LogP contribution in [0.5, 0.6) is 0 Å². The number of carbonyl (C=O) groups excluding carboxylic acids is 1. The molecule has 0 unspecified atom stereocenters. The number of benzene rings is 1. The summed E-state index contributed by atoms with van der Waals surface area (Å²) < 4.78 is 4.94. The smallest absolute Gasteiger partial charge is 0.310 e. The summed E-state index contributed by atoms with van der Waals surface area (Å²) in [6.45, 7) is 6.14. The number of nitriles is 1. The highest BCUT2D eigenvalue weighted by atomic mass is 16.5. The predicted octanol–water partition coefficient (Wildman–Crippen LogP) is 2.53. The minimum absolute atomic E-state index is 0.216. The average Bonchev–Trinajstić information content (AvgIpc) is 2.30. The summed E-state index contributed by atoms with van der Waals surface area (Å²) in [5.74, 6) is -0.216. The lowest BCUT2D eigenvalue weighted by molar-refractivity contribution is -0.142. The highest BCUT2D eigenvalue weighted by Crippen LogP contribution is 2.19. The number of rotatable bonds is 4. The van der Waals surface area contributed by atoms with Crippen molar-refractivity contribution < 1.29 is 9.53 Å². The summed E-state index contributed by atoms with van der Waals surface area (Å²) in [6, 6.07) is 5.77. The van der Waals surface area contributed by atoms with Gasteiger partial charge in [-0.3, -0.25) is 4.79 Å². The SMILES string of the molecule is CCOC(=O)Cc1ccc(C#N)c(C)c1CC. The van der Waals surface area contributed by atoms with E-state index in [0.717, 1.165) is 23.1 Å². The lowest BCUT2D eigenvalue weighted by Gasteiger charge is -2.11. The first-order valence-corrected chi connectivity index (χ1v) is 5.81. The molecule has 1 aromatic rings. The van der Waals surface area contributed by atoms with Crippen molar-refractivity contribution in [3.8, 4) is 6.07 Å². The van der Waals surface area contributed by atoms with E-state index < -0.39 is 0 Å². The van der Waals surface area contributed by atoms with Crippen LogP contribution in [0.25, 0.3) is 0 Å². The van der Waals surface area contributed by atoms with Crippen molar-refractivity contribution >= 4 is 5.97 Å². The van der Waals surface area contributed by atoms with Gasteiger partial charge in [0.05, 0.1) is 24.7 Å². The summed E-state index contributed by atoms with van der Waals surface area (Å²) >= 11 is 0. The van der Waals surface area contributed by atoms with Crippen LogP contribution in [0, 0.1) is 18.3 Å². The molecular weight excluding hydrogens is 214 g/mol. The first-order chi connectivity index (χ1) is 8.13. The molecule has 90 valence electrons. The Hall–Kier alpha value is -1.82. The van der Waals surface area contributed by atoms with Gasteiger partial charge < -0.3 is 4.74 Å². The van der Waals surface area contributed by atoms with Crippen molar-refractivity contribution in [1.82, 2.24) is 0 Å². The first kappa shape index (κ1) is 13.2. The number of nitrogens with zero attached hydrogens (tertiary/aromatic N) is 1. The molecular formula is C14H17NO2. The van der Waals surface area contributed by atoms with Crippen molar-refractivity contribution in [3.63, 3.8) is 0 Å². The fourth-order valence-electron chi connectivity index (χ4n) is 1.96. The van der Waals surface area contributed by atoms with Gasteiger partial charge in [0.25, 0.3) is 0 Å². The summed E-state index contributed by atoms with van der Waals surface area (Å²) in [4.78, 5) is 11.5. The Kier molecular flexibility index (Phi) is 4.71. The molecule has 0 radical (unpaired) electrons. The maximum Gasteiger partial charge on any atom is 0.310 e. The van der Waals surface area contributed by atoms with Gasteiger partial charge in [0, 0.05) is 0 Å². The van der Waals surface area contributed by atoms with E-state index in [1.54, 1.807) is 13.0 Å². The zero-order chi connectivity index (χ0) is 12.8. The summed E-state index contributed by atoms with van der Waals surface area (Å²) in [6.07, 6.45) is 1.10. The van der Waals surface area contributed by atoms with E-state index in [-0.39, 0.29) is 12.4 Å². The number of carbonyl (C=O) groups is 1. The van der Waals surface area contributed by atoms with Crippen LogP contribution in [-0.4, -0.2) is 12.6 Å². The second kappa shape index (κ2) is 6.05. The molecule has 0 amide bonds. The van der Waals surface area contributed by atoms with E-state index in [0.29, 0.717) is 12.2 Å². The molecule has 0 aliphatic carbocycles. The van der Waals surface area contributed by atoms with Crippen LogP contribution < -0.4 is 0 Å². The summed E-state index contributed by atoms with van der Waals surface area (Å²) in [7, 11) is 0. The second-order valence-electron chi connectivity index (χ2n) is 3.82. The molecule has 3 heteroatoms. The molecule has 0 atom stereocenters. The standard InChI is InChI=1S/C14H17NO2/c1-4-13-10(3)12(9-15)7-6-11(13)8-14(16)17-5-2/h6-7H,4-5,8H2,1-3H3. The minimum Gasteiger partial charge on any atom is -0.466 e. The minimum atomic E-state index is -0.216. The quantitative estimate of drug-likeness (QED) is 0.748.